The van der Waals surface area contributed by atoms with E-state index in [1.807, 2.05) is 35.9 Å². The molecule has 0 atom stereocenters. The van der Waals surface area contributed by atoms with Crippen molar-refractivity contribution in [3.8, 4) is 46.5 Å². The molecule has 0 aliphatic heterocycles. The Hall–Kier alpha value is -5.36. The Kier molecular flexibility index (Phi) is 5.43. The molecule has 0 aliphatic carbocycles. The maximum atomic E-state index is 15.4. The van der Waals surface area contributed by atoms with Crippen molar-refractivity contribution in [2.24, 2.45) is 7.05 Å². The number of rotatable bonds is 4. The molecule has 6 aromatic rings. The van der Waals surface area contributed by atoms with E-state index in [2.05, 4.69) is 30.8 Å². The number of nitrogens with zero attached hydrogens (tertiary/aromatic N) is 6. The second-order valence-electron chi connectivity index (χ2n) is 8.72. The lowest BCUT2D eigenvalue weighted by Gasteiger charge is -2.11. The van der Waals surface area contributed by atoms with E-state index in [9.17, 15) is 0 Å². The van der Waals surface area contributed by atoms with Crippen molar-refractivity contribution in [3.05, 3.63) is 84.3 Å². The minimum atomic E-state index is -0.579. The number of terminal acetylenes is 1. The summed E-state index contributed by atoms with van der Waals surface area (Å²) in [5.74, 6) is 2.28. The van der Waals surface area contributed by atoms with E-state index in [-0.39, 0.29) is 17.6 Å². The minimum absolute atomic E-state index is 0.00192. The van der Waals surface area contributed by atoms with Crippen molar-refractivity contribution in [2.45, 2.75) is 6.92 Å². The molecule has 184 valence electrons. The number of pyridine rings is 1. The molecule has 0 saturated heterocycles. The van der Waals surface area contributed by atoms with Crippen LogP contribution in [0.3, 0.4) is 0 Å². The van der Waals surface area contributed by atoms with Gasteiger partial charge in [0.2, 0.25) is 0 Å². The van der Waals surface area contributed by atoms with E-state index >= 15 is 4.39 Å². The van der Waals surface area contributed by atoms with E-state index < -0.39 is 5.82 Å². The highest BCUT2D eigenvalue weighted by Gasteiger charge is 2.23. The number of aryl methyl sites for hydroxylation is 2. The lowest BCUT2D eigenvalue weighted by Crippen LogP contribution is -1.96. The highest BCUT2D eigenvalue weighted by Crippen LogP contribution is 2.43. The molecule has 6 rings (SSSR count). The SMILES string of the molecule is C#Cc1ccc2ccc(-c3c(-c4ccc(Oc5nccc(C)n5)c(F)c4)c4c(N)ncnc4n3C)cc2n1. The van der Waals surface area contributed by atoms with Gasteiger partial charge < -0.3 is 15.0 Å². The molecule has 0 unspecified atom stereocenters. The third-order valence-corrected chi connectivity index (χ3v) is 6.30. The minimum Gasteiger partial charge on any atom is -0.421 e. The van der Waals surface area contributed by atoms with Crippen LogP contribution < -0.4 is 10.5 Å². The van der Waals surface area contributed by atoms with Gasteiger partial charge in [-0.3, -0.25) is 0 Å². The quantitative estimate of drug-likeness (QED) is 0.321. The molecular weight excluding hydrogens is 481 g/mol. The molecular formula is C29H20FN7O. The molecule has 0 bridgehead atoms. The number of benzene rings is 2. The Bertz CT molecular complexity index is 1920. The van der Waals surface area contributed by atoms with Gasteiger partial charge in [-0.05, 0) is 42.8 Å². The van der Waals surface area contributed by atoms with E-state index in [4.69, 9.17) is 16.9 Å². The summed E-state index contributed by atoms with van der Waals surface area (Å²) >= 11 is 0. The Balaban J connectivity index is 1.55. The molecule has 2 aromatic carbocycles. The van der Waals surface area contributed by atoms with Crippen LogP contribution in [0.4, 0.5) is 10.2 Å². The lowest BCUT2D eigenvalue weighted by atomic mass is 9.97. The first-order valence-corrected chi connectivity index (χ1v) is 11.7. The Morgan fingerprint density at radius 3 is 2.58 bits per heavy atom. The summed E-state index contributed by atoms with van der Waals surface area (Å²) in [7, 11) is 1.88. The molecule has 0 radical (unpaired) electrons. The maximum absolute atomic E-state index is 15.4. The van der Waals surface area contributed by atoms with Crippen LogP contribution >= 0.6 is 0 Å². The van der Waals surface area contributed by atoms with Crippen molar-refractivity contribution in [1.82, 2.24) is 29.5 Å². The maximum Gasteiger partial charge on any atom is 0.322 e. The Morgan fingerprint density at radius 1 is 0.974 bits per heavy atom. The average molecular weight is 502 g/mol. The fourth-order valence-electron chi connectivity index (χ4n) is 4.55. The summed E-state index contributed by atoms with van der Waals surface area (Å²) in [5, 5.41) is 1.56. The van der Waals surface area contributed by atoms with Gasteiger partial charge in [0.05, 0.1) is 16.6 Å². The second kappa shape index (κ2) is 8.94. The summed E-state index contributed by atoms with van der Waals surface area (Å²) in [6.45, 7) is 1.80. The molecule has 9 heteroatoms. The van der Waals surface area contributed by atoms with Gasteiger partial charge in [-0.25, -0.2) is 29.3 Å². The first kappa shape index (κ1) is 23.1. The highest BCUT2D eigenvalue weighted by molar-refractivity contribution is 6.08. The van der Waals surface area contributed by atoms with Crippen LogP contribution in [-0.4, -0.2) is 29.5 Å². The number of ether oxygens (including phenoxy) is 1. The van der Waals surface area contributed by atoms with Gasteiger partial charge in [-0.1, -0.05) is 30.2 Å². The molecule has 8 nitrogen and oxygen atoms in total. The van der Waals surface area contributed by atoms with Crippen molar-refractivity contribution < 1.29 is 9.13 Å². The van der Waals surface area contributed by atoms with Crippen LogP contribution in [-0.2, 0) is 7.05 Å². The predicted octanol–water partition coefficient (Wildman–Crippen LogP) is 5.44. The zero-order chi connectivity index (χ0) is 26.4. The van der Waals surface area contributed by atoms with Crippen molar-refractivity contribution in [3.63, 3.8) is 0 Å². The van der Waals surface area contributed by atoms with Gasteiger partial charge in [-0.2, -0.15) is 0 Å². The molecule has 0 fully saturated rings. The van der Waals surface area contributed by atoms with Crippen LogP contribution in [0.2, 0.25) is 0 Å². The zero-order valence-corrected chi connectivity index (χ0v) is 20.5. The van der Waals surface area contributed by atoms with Gasteiger partial charge in [0, 0.05) is 35.5 Å². The summed E-state index contributed by atoms with van der Waals surface area (Å²) in [6.07, 6.45) is 8.53. The van der Waals surface area contributed by atoms with Crippen LogP contribution in [0.15, 0.2) is 67.1 Å². The van der Waals surface area contributed by atoms with Gasteiger partial charge in [0.1, 0.15) is 23.5 Å². The first-order valence-electron chi connectivity index (χ1n) is 11.7. The molecule has 4 heterocycles. The molecule has 4 aromatic heterocycles. The highest BCUT2D eigenvalue weighted by atomic mass is 19.1. The number of nitrogens with two attached hydrogens (primary N) is 1. The zero-order valence-electron chi connectivity index (χ0n) is 20.5. The third kappa shape index (κ3) is 3.85. The number of hydrogen-bond donors (Lipinski definition) is 1. The standard InChI is InChI=1S/C29H20FN7O/c1-4-20-9-7-17-5-6-19(14-22(17)36-20)26-24(25-27(31)33-15-34-28(25)37(26)3)18-8-10-23(21(30)13-18)38-29-32-12-11-16(2)35-29/h1,5-15H,2-3H3,(H2,31,33,34). The Labute approximate surface area is 217 Å². The Morgan fingerprint density at radius 2 is 1.79 bits per heavy atom. The lowest BCUT2D eigenvalue weighted by molar-refractivity contribution is 0.410. The number of nitrogen functional groups attached to an aromatic ring is 1. The molecule has 0 saturated carbocycles. The molecule has 2 N–H and O–H groups in total. The number of halogens is 1. The molecule has 0 aliphatic rings. The van der Waals surface area contributed by atoms with Gasteiger partial charge in [0.25, 0.3) is 0 Å². The van der Waals surface area contributed by atoms with Gasteiger partial charge in [-0.15, -0.1) is 6.42 Å². The van der Waals surface area contributed by atoms with Crippen molar-refractivity contribution >= 4 is 27.8 Å². The normalized spacial score (nSPS) is 11.1. The number of fused-ring (bicyclic) bond motifs is 2. The number of aromatic nitrogens is 6. The van der Waals surface area contributed by atoms with Gasteiger partial charge >= 0.3 is 6.01 Å². The molecule has 0 amide bonds. The third-order valence-electron chi connectivity index (χ3n) is 6.30. The first-order chi connectivity index (χ1) is 18.4. The fourth-order valence-corrected chi connectivity index (χ4v) is 4.55. The number of anilines is 1. The summed E-state index contributed by atoms with van der Waals surface area (Å²) < 4.78 is 22.9. The smallest absolute Gasteiger partial charge is 0.322 e. The number of hydrogen-bond acceptors (Lipinski definition) is 7. The van der Waals surface area contributed by atoms with E-state index in [0.717, 1.165) is 22.2 Å². The van der Waals surface area contributed by atoms with Crippen LogP contribution in [0.25, 0.3) is 44.3 Å². The molecule has 38 heavy (non-hydrogen) atoms. The van der Waals surface area contributed by atoms with Crippen LogP contribution in [0.5, 0.6) is 11.8 Å². The molecule has 0 spiro atoms. The van der Waals surface area contributed by atoms with Crippen LogP contribution in [0.1, 0.15) is 11.4 Å². The van der Waals surface area contributed by atoms with E-state index in [0.29, 0.717) is 33.5 Å². The largest absolute Gasteiger partial charge is 0.421 e. The summed E-state index contributed by atoms with van der Waals surface area (Å²) in [5.41, 5.74) is 11.8. The average Bonchev–Trinajstić information content (AvgIpc) is 3.22. The summed E-state index contributed by atoms with van der Waals surface area (Å²) in [6, 6.07) is 16.1. The topological polar surface area (TPSA) is 105 Å². The fraction of sp³-hybridized carbons (Fsp3) is 0.0690. The monoisotopic (exact) mass is 501 g/mol. The van der Waals surface area contributed by atoms with Crippen LogP contribution in [0, 0.1) is 25.1 Å². The summed E-state index contributed by atoms with van der Waals surface area (Å²) in [4.78, 5) is 21.5. The van der Waals surface area contributed by atoms with Crippen molar-refractivity contribution in [2.75, 3.05) is 5.73 Å². The second-order valence-corrected chi connectivity index (χ2v) is 8.72. The van der Waals surface area contributed by atoms with E-state index in [1.54, 1.807) is 37.4 Å². The van der Waals surface area contributed by atoms with E-state index in [1.165, 1.54) is 12.4 Å². The van der Waals surface area contributed by atoms with Crippen molar-refractivity contribution in [1.29, 1.82) is 0 Å². The van der Waals surface area contributed by atoms with Gasteiger partial charge in [0.15, 0.2) is 11.6 Å². The predicted molar refractivity (Wildman–Crippen MR) is 144 cm³/mol.